The molecule has 3 aliphatic rings. The molecule has 5 heterocycles. The molecule has 3 amide bonds. The van der Waals surface area contributed by atoms with Gasteiger partial charge in [0.25, 0.3) is 0 Å². The maximum atomic E-state index is 16.1. The van der Waals surface area contributed by atoms with Crippen LogP contribution in [0, 0.1) is 11.7 Å². The first-order chi connectivity index (χ1) is 31.1. The molecule has 0 bridgehead atoms. The summed E-state index contributed by atoms with van der Waals surface area (Å²) < 4.78 is 50.0. The van der Waals surface area contributed by atoms with E-state index in [-0.39, 0.29) is 58.1 Å². The minimum Gasteiger partial charge on any atom is -0.490 e. The number of thiazole rings is 1. The molecule has 3 aromatic carbocycles. The number of carbonyl (C=O) groups is 3. The van der Waals surface area contributed by atoms with Gasteiger partial charge in [0.1, 0.15) is 11.9 Å². The van der Waals surface area contributed by atoms with E-state index < -0.39 is 15.8 Å². The fourth-order valence-corrected chi connectivity index (χ4v) is 10.8. The summed E-state index contributed by atoms with van der Waals surface area (Å²) in [5.41, 5.74) is 3.25. The highest BCUT2D eigenvalue weighted by Gasteiger charge is 2.32. The second-order valence-electron chi connectivity index (χ2n) is 18.1. The van der Waals surface area contributed by atoms with Gasteiger partial charge in [-0.15, -0.1) is 11.3 Å². The van der Waals surface area contributed by atoms with Gasteiger partial charge in [-0.25, -0.2) is 27.8 Å². The van der Waals surface area contributed by atoms with Gasteiger partial charge in [-0.2, -0.15) is 0 Å². The van der Waals surface area contributed by atoms with E-state index >= 15 is 4.39 Å². The Hall–Kier alpha value is -5.94. The number of hydrogen-bond acceptors (Lipinski definition) is 12. The highest BCUT2D eigenvalue weighted by Crippen LogP contribution is 2.42. The van der Waals surface area contributed by atoms with Crippen LogP contribution in [0.2, 0.25) is 0 Å². The third-order valence-corrected chi connectivity index (χ3v) is 15.0. The van der Waals surface area contributed by atoms with Gasteiger partial charge in [0.2, 0.25) is 33.7 Å². The second-order valence-corrected chi connectivity index (χ2v) is 20.9. The predicted octanol–water partition coefficient (Wildman–Crippen LogP) is 8.41. The number of nitrogens with one attached hydrogen (secondary N) is 3. The van der Waals surface area contributed by atoms with Crippen LogP contribution in [0.5, 0.6) is 5.75 Å². The number of likely N-dealkylation sites (tertiary alicyclic amines) is 1. The fraction of sp³-hybridized carbons (Fsp3) is 0.417. The van der Waals surface area contributed by atoms with Crippen molar-refractivity contribution in [2.45, 2.75) is 90.1 Å². The van der Waals surface area contributed by atoms with Gasteiger partial charge in [0, 0.05) is 86.5 Å². The molecule has 2 atom stereocenters. The summed E-state index contributed by atoms with van der Waals surface area (Å²) in [6, 6.07) is 21.9. The van der Waals surface area contributed by atoms with E-state index in [0.29, 0.717) is 85.3 Å². The third-order valence-electron chi connectivity index (χ3n) is 12.0. The number of hydrogen-bond donors (Lipinski definition) is 3. The molecular formula is C48H55FN8O6S2. The molecule has 17 heteroatoms. The standard InChI is InChI=1S/C48H55FN8O6S2/c1-5-26-65(61,62)55-38-11-7-10-37(42(38)49)43-44(64-46(54-43)48(2,3)4)39-18-22-50-47(52-39)51-32-8-6-9-35(28-32)63-34-20-24-56(25-21-34)41(59)27-30-19-23-57(29-30)33-14-12-31(13-15-33)36-16-17-40(58)53-45(36)60/h6-15,18,22,28,30,34,36,55H,5,16-17,19-21,23-27,29H2,1-4H3,(H,50,51,52)(H,53,58,60)/t30-,36?/m0/s1. The lowest BCUT2D eigenvalue weighted by Crippen LogP contribution is -2.42. The number of aromatic nitrogens is 3. The normalized spacial score (nSPS) is 18.4. The number of halogens is 1. The Morgan fingerprint density at radius 1 is 0.969 bits per heavy atom. The number of nitrogens with zero attached hydrogens (tertiary/aromatic N) is 5. The number of ether oxygens (including phenoxy) is 1. The predicted molar refractivity (Wildman–Crippen MR) is 251 cm³/mol. The summed E-state index contributed by atoms with van der Waals surface area (Å²) in [6.07, 6.45) is 5.71. The molecule has 0 spiro atoms. The van der Waals surface area contributed by atoms with E-state index in [2.05, 4.69) is 25.2 Å². The molecule has 14 nitrogen and oxygen atoms in total. The zero-order valence-corrected chi connectivity index (χ0v) is 38.7. The summed E-state index contributed by atoms with van der Waals surface area (Å²) in [6.45, 7) is 10.7. The molecule has 8 rings (SSSR count). The van der Waals surface area contributed by atoms with Crippen molar-refractivity contribution in [2.75, 3.05) is 46.9 Å². The molecule has 3 N–H and O–H groups in total. The van der Waals surface area contributed by atoms with Crippen LogP contribution < -0.4 is 25.0 Å². The van der Waals surface area contributed by atoms with Crippen LogP contribution >= 0.6 is 11.3 Å². The van der Waals surface area contributed by atoms with E-state index in [4.69, 9.17) is 14.7 Å². The molecule has 0 saturated carbocycles. The average molecular weight is 923 g/mol. The number of sulfonamides is 1. The molecule has 1 unspecified atom stereocenters. The van der Waals surface area contributed by atoms with Crippen molar-refractivity contribution in [1.29, 1.82) is 0 Å². The highest BCUT2D eigenvalue weighted by atomic mass is 32.2. The average Bonchev–Trinajstić information content (AvgIpc) is 3.94. The maximum Gasteiger partial charge on any atom is 0.234 e. The fourth-order valence-electron chi connectivity index (χ4n) is 8.55. The Morgan fingerprint density at radius 3 is 2.48 bits per heavy atom. The lowest BCUT2D eigenvalue weighted by Gasteiger charge is -2.33. The molecule has 2 aromatic heterocycles. The Bertz CT molecular complexity index is 2660. The quantitative estimate of drug-likeness (QED) is 0.0913. The monoisotopic (exact) mass is 922 g/mol. The number of piperidine rings is 2. The van der Waals surface area contributed by atoms with Gasteiger partial charge < -0.3 is 19.9 Å². The molecule has 3 saturated heterocycles. The molecule has 65 heavy (non-hydrogen) atoms. The van der Waals surface area contributed by atoms with Crippen molar-refractivity contribution in [3.8, 4) is 27.6 Å². The largest absolute Gasteiger partial charge is 0.490 e. The summed E-state index contributed by atoms with van der Waals surface area (Å²) in [5, 5.41) is 6.49. The number of anilines is 4. The number of amides is 3. The number of carbonyl (C=O) groups excluding carboxylic acids is 3. The summed E-state index contributed by atoms with van der Waals surface area (Å²) in [7, 11) is -3.73. The first kappa shape index (κ1) is 45.6. The SMILES string of the molecule is CCCS(=O)(=O)Nc1cccc(-c2nc(C(C)(C)C)sc2-c2ccnc(Nc3cccc(OC4CCN(C(=O)C[C@@H]5CCN(c6ccc(C7CCC(=O)NC7=O)cc6)C5)CC4)c3)n2)c1F. The van der Waals surface area contributed by atoms with Crippen LogP contribution in [-0.2, 0) is 29.8 Å². The summed E-state index contributed by atoms with van der Waals surface area (Å²) in [5.74, 6) is -0.173. The molecule has 3 aliphatic heterocycles. The van der Waals surface area contributed by atoms with Gasteiger partial charge in [-0.05, 0) is 73.2 Å². The maximum absolute atomic E-state index is 16.1. The smallest absolute Gasteiger partial charge is 0.234 e. The number of benzene rings is 3. The van der Waals surface area contributed by atoms with Gasteiger partial charge in [0.15, 0.2) is 5.82 Å². The highest BCUT2D eigenvalue weighted by molar-refractivity contribution is 7.92. The Morgan fingerprint density at radius 2 is 1.74 bits per heavy atom. The van der Waals surface area contributed by atoms with Crippen molar-refractivity contribution in [2.24, 2.45) is 5.92 Å². The molecular weight excluding hydrogens is 868 g/mol. The Balaban J connectivity index is 0.860. The minimum absolute atomic E-state index is 0.0541. The van der Waals surface area contributed by atoms with Crippen molar-refractivity contribution < 1.29 is 31.9 Å². The van der Waals surface area contributed by atoms with E-state index in [1.807, 2.05) is 74.2 Å². The van der Waals surface area contributed by atoms with Crippen LogP contribution in [0.4, 0.5) is 27.4 Å². The molecule has 3 fully saturated rings. The van der Waals surface area contributed by atoms with Gasteiger partial charge in [-0.3, -0.25) is 24.4 Å². The van der Waals surface area contributed by atoms with E-state index in [1.54, 1.807) is 31.3 Å². The lowest BCUT2D eigenvalue weighted by atomic mass is 9.90. The van der Waals surface area contributed by atoms with Gasteiger partial charge in [-0.1, -0.05) is 52.0 Å². The molecule has 0 aliphatic carbocycles. The zero-order chi connectivity index (χ0) is 45.9. The summed E-state index contributed by atoms with van der Waals surface area (Å²) >= 11 is 1.40. The molecule has 342 valence electrons. The van der Waals surface area contributed by atoms with Crippen molar-refractivity contribution in [1.82, 2.24) is 25.2 Å². The topological polar surface area (TPSA) is 176 Å². The Labute approximate surface area is 383 Å². The lowest BCUT2D eigenvalue weighted by molar-refractivity contribution is -0.135. The van der Waals surface area contributed by atoms with Gasteiger partial charge >= 0.3 is 0 Å². The van der Waals surface area contributed by atoms with Crippen molar-refractivity contribution in [3.05, 3.63) is 95.4 Å². The van der Waals surface area contributed by atoms with E-state index in [1.165, 1.54) is 17.4 Å². The van der Waals surface area contributed by atoms with E-state index in [0.717, 1.165) is 35.8 Å². The second kappa shape index (κ2) is 19.3. The van der Waals surface area contributed by atoms with Gasteiger partial charge in [0.05, 0.1) is 38.6 Å². The first-order valence-corrected chi connectivity index (χ1v) is 24.7. The molecule has 5 aromatic rings. The van der Waals surface area contributed by atoms with Crippen LogP contribution in [0.1, 0.15) is 89.1 Å². The molecule has 0 radical (unpaired) electrons. The number of imide groups is 1. The van der Waals surface area contributed by atoms with E-state index in [9.17, 15) is 22.8 Å². The van der Waals surface area contributed by atoms with Crippen LogP contribution in [0.3, 0.4) is 0 Å². The Kier molecular flexibility index (Phi) is 13.5. The van der Waals surface area contributed by atoms with Crippen molar-refractivity contribution in [3.63, 3.8) is 0 Å². The number of rotatable bonds is 14. The summed E-state index contributed by atoms with van der Waals surface area (Å²) in [4.78, 5) is 56.4. The van der Waals surface area contributed by atoms with Crippen LogP contribution in [-0.4, -0.2) is 84.0 Å². The van der Waals surface area contributed by atoms with Crippen LogP contribution in [0.25, 0.3) is 21.8 Å². The third kappa shape index (κ3) is 11.0. The zero-order valence-electron chi connectivity index (χ0n) is 37.1. The van der Waals surface area contributed by atoms with Crippen molar-refractivity contribution >= 4 is 62.1 Å². The first-order valence-electron chi connectivity index (χ1n) is 22.3. The minimum atomic E-state index is -3.73. The van der Waals surface area contributed by atoms with Crippen LogP contribution in [0.15, 0.2) is 79.0 Å².